The van der Waals surface area contributed by atoms with Gasteiger partial charge < -0.3 is 5.32 Å². The van der Waals surface area contributed by atoms with Gasteiger partial charge in [0, 0.05) is 24.1 Å². The Morgan fingerprint density at radius 1 is 1.77 bits per heavy atom. The molecule has 0 aromatic heterocycles. The predicted octanol–water partition coefficient (Wildman–Crippen LogP) is 2.07. The van der Waals surface area contributed by atoms with Crippen molar-refractivity contribution >= 4 is 28.7 Å². The summed E-state index contributed by atoms with van der Waals surface area (Å²) >= 11 is 3.74. The molecule has 1 N–H and O–H groups in total. The highest BCUT2D eigenvalue weighted by molar-refractivity contribution is 8.13. The molecule has 0 saturated heterocycles. The summed E-state index contributed by atoms with van der Waals surface area (Å²) in [5.41, 5.74) is 0. The van der Waals surface area contributed by atoms with E-state index in [1.54, 1.807) is 0 Å². The maximum atomic E-state index is 4.48. The van der Waals surface area contributed by atoms with Crippen LogP contribution in [0.5, 0.6) is 0 Å². The highest BCUT2D eigenvalue weighted by Crippen LogP contribution is 2.15. The summed E-state index contributed by atoms with van der Waals surface area (Å²) in [6.45, 7) is 6.50. The van der Waals surface area contributed by atoms with E-state index < -0.39 is 0 Å². The molecule has 4 heteroatoms. The molecule has 0 radical (unpaired) electrons. The van der Waals surface area contributed by atoms with Crippen LogP contribution < -0.4 is 5.32 Å². The molecule has 0 bridgehead atoms. The van der Waals surface area contributed by atoms with Crippen LogP contribution in [-0.4, -0.2) is 35.5 Å². The lowest BCUT2D eigenvalue weighted by molar-refractivity contribution is 0.669. The average Bonchev–Trinajstić information content (AvgIpc) is 2.16. The molecule has 0 aromatic rings. The molecule has 2 nitrogen and oxygen atoms in total. The van der Waals surface area contributed by atoms with Gasteiger partial charge in [0.1, 0.15) is 0 Å². The van der Waals surface area contributed by atoms with Gasteiger partial charge in [-0.25, -0.2) is 0 Å². The first-order valence-corrected chi connectivity index (χ1v) is 6.93. The van der Waals surface area contributed by atoms with Gasteiger partial charge in [0.2, 0.25) is 0 Å². The zero-order valence-corrected chi connectivity index (χ0v) is 10.2. The number of nitrogens with zero attached hydrogens (tertiary/aromatic N) is 1. The van der Waals surface area contributed by atoms with Crippen LogP contribution in [0.3, 0.4) is 0 Å². The van der Waals surface area contributed by atoms with Crippen LogP contribution >= 0.6 is 23.5 Å². The fraction of sp³-hybridized carbons (Fsp3) is 0.889. The Balaban J connectivity index is 2.22. The average molecular weight is 218 g/mol. The quantitative estimate of drug-likeness (QED) is 0.785. The number of thioether (sulfide) groups is 2. The van der Waals surface area contributed by atoms with Gasteiger partial charge in [0.05, 0.1) is 0 Å². The van der Waals surface area contributed by atoms with Crippen LogP contribution in [0.4, 0.5) is 0 Å². The van der Waals surface area contributed by atoms with E-state index in [4.69, 9.17) is 0 Å². The summed E-state index contributed by atoms with van der Waals surface area (Å²) in [6, 6.07) is 0. The Labute approximate surface area is 89.3 Å². The second-order valence-electron chi connectivity index (χ2n) is 3.49. The lowest BCUT2D eigenvalue weighted by atomic mass is 10.2. The van der Waals surface area contributed by atoms with Crippen molar-refractivity contribution in [2.45, 2.75) is 19.1 Å². The Bertz CT molecular complexity index is 182. The molecule has 13 heavy (non-hydrogen) atoms. The van der Waals surface area contributed by atoms with Gasteiger partial charge in [-0.15, -0.1) is 0 Å². The van der Waals surface area contributed by atoms with E-state index in [1.165, 1.54) is 5.75 Å². The maximum Gasteiger partial charge on any atom is 0.156 e. The summed E-state index contributed by atoms with van der Waals surface area (Å²) in [4.78, 5) is 4.48. The molecule has 0 aliphatic carbocycles. The van der Waals surface area contributed by atoms with Crippen molar-refractivity contribution in [2.24, 2.45) is 10.9 Å². The van der Waals surface area contributed by atoms with Crippen LogP contribution in [0.15, 0.2) is 4.99 Å². The van der Waals surface area contributed by atoms with Gasteiger partial charge in [-0.05, 0) is 12.2 Å². The molecular formula is C9H18N2S2. The van der Waals surface area contributed by atoms with E-state index in [0.717, 1.165) is 24.2 Å². The van der Waals surface area contributed by atoms with Gasteiger partial charge in [-0.1, -0.05) is 25.6 Å². The largest absolute Gasteiger partial charge is 0.364 e. The SMILES string of the molecule is CSC(C)CNC1=NCC(C)CS1. The van der Waals surface area contributed by atoms with Crippen LogP contribution in [0.25, 0.3) is 0 Å². The summed E-state index contributed by atoms with van der Waals surface area (Å²) in [5, 5.41) is 5.19. The summed E-state index contributed by atoms with van der Waals surface area (Å²) in [5.74, 6) is 1.95. The zero-order valence-electron chi connectivity index (χ0n) is 8.54. The third-order valence-electron chi connectivity index (χ3n) is 1.99. The first kappa shape index (κ1) is 11.2. The highest BCUT2D eigenvalue weighted by atomic mass is 32.2. The molecule has 2 atom stereocenters. The third-order valence-corrected chi connectivity index (χ3v) is 4.25. The first-order valence-electron chi connectivity index (χ1n) is 4.66. The minimum Gasteiger partial charge on any atom is -0.364 e. The number of hydrogen-bond donors (Lipinski definition) is 1. The second kappa shape index (κ2) is 5.81. The van der Waals surface area contributed by atoms with Gasteiger partial charge in [-0.2, -0.15) is 11.8 Å². The molecule has 2 unspecified atom stereocenters. The smallest absolute Gasteiger partial charge is 0.156 e. The Morgan fingerprint density at radius 3 is 3.08 bits per heavy atom. The normalized spacial score (nSPS) is 25.2. The summed E-state index contributed by atoms with van der Waals surface area (Å²) in [6.07, 6.45) is 2.14. The lowest BCUT2D eigenvalue weighted by Gasteiger charge is -2.19. The van der Waals surface area contributed by atoms with E-state index in [2.05, 4.69) is 30.4 Å². The van der Waals surface area contributed by atoms with E-state index in [0.29, 0.717) is 5.25 Å². The molecule has 1 rings (SSSR count). The van der Waals surface area contributed by atoms with Crippen molar-refractivity contribution in [3.63, 3.8) is 0 Å². The van der Waals surface area contributed by atoms with Gasteiger partial charge in [-0.3, -0.25) is 4.99 Å². The molecular weight excluding hydrogens is 200 g/mol. The van der Waals surface area contributed by atoms with E-state index in [1.807, 2.05) is 23.5 Å². The van der Waals surface area contributed by atoms with Crippen LogP contribution in [0.2, 0.25) is 0 Å². The van der Waals surface area contributed by atoms with Crippen molar-refractivity contribution in [3.8, 4) is 0 Å². The fourth-order valence-electron chi connectivity index (χ4n) is 0.980. The number of hydrogen-bond acceptors (Lipinski definition) is 4. The topological polar surface area (TPSA) is 24.4 Å². The van der Waals surface area contributed by atoms with Gasteiger partial charge >= 0.3 is 0 Å². The Kier molecular flexibility index (Phi) is 5.02. The second-order valence-corrected chi connectivity index (χ2v) is 5.77. The predicted molar refractivity (Wildman–Crippen MR) is 64.9 cm³/mol. The number of rotatable bonds is 3. The molecule has 0 amide bonds. The Morgan fingerprint density at radius 2 is 2.54 bits per heavy atom. The molecule has 1 heterocycles. The standard InChI is InChI=1S/C9H18N2S2/c1-7-4-10-9(13-6-7)11-5-8(2)12-3/h7-8H,4-6H2,1-3H3,(H,10,11). The molecule has 76 valence electrons. The molecule has 1 aliphatic heterocycles. The van der Waals surface area contributed by atoms with Crippen LogP contribution in [-0.2, 0) is 0 Å². The van der Waals surface area contributed by atoms with E-state index in [9.17, 15) is 0 Å². The fourth-order valence-corrected chi connectivity index (χ4v) is 2.13. The Hall–Kier alpha value is 0.170. The van der Waals surface area contributed by atoms with Crippen LogP contribution in [0, 0.1) is 5.92 Å². The highest BCUT2D eigenvalue weighted by Gasteiger charge is 2.11. The van der Waals surface area contributed by atoms with Crippen molar-refractivity contribution in [3.05, 3.63) is 0 Å². The minimum absolute atomic E-state index is 0.669. The monoisotopic (exact) mass is 218 g/mol. The molecule has 1 aliphatic rings. The van der Waals surface area contributed by atoms with E-state index >= 15 is 0 Å². The lowest BCUT2D eigenvalue weighted by Crippen LogP contribution is -2.30. The van der Waals surface area contributed by atoms with Crippen molar-refractivity contribution < 1.29 is 0 Å². The first-order chi connectivity index (χ1) is 6.22. The van der Waals surface area contributed by atoms with E-state index in [-0.39, 0.29) is 0 Å². The molecule has 0 aromatic carbocycles. The minimum atomic E-state index is 0.669. The summed E-state index contributed by atoms with van der Waals surface area (Å²) in [7, 11) is 0. The van der Waals surface area contributed by atoms with Crippen molar-refractivity contribution in [1.29, 1.82) is 0 Å². The molecule has 0 spiro atoms. The molecule has 0 fully saturated rings. The van der Waals surface area contributed by atoms with Gasteiger partial charge in [0.15, 0.2) is 5.17 Å². The summed E-state index contributed by atoms with van der Waals surface area (Å²) < 4.78 is 0. The van der Waals surface area contributed by atoms with Crippen molar-refractivity contribution in [1.82, 2.24) is 5.32 Å². The van der Waals surface area contributed by atoms with Gasteiger partial charge in [0.25, 0.3) is 0 Å². The maximum absolute atomic E-state index is 4.48. The van der Waals surface area contributed by atoms with Crippen LogP contribution in [0.1, 0.15) is 13.8 Å². The number of aliphatic imine (C=N–C) groups is 1. The van der Waals surface area contributed by atoms with Crippen molar-refractivity contribution in [2.75, 3.05) is 25.1 Å². The number of amidine groups is 1. The zero-order chi connectivity index (χ0) is 9.68. The number of nitrogens with one attached hydrogen (secondary N) is 1. The molecule has 0 saturated carbocycles. The third kappa shape index (κ3) is 4.27.